The van der Waals surface area contributed by atoms with Gasteiger partial charge in [0.2, 0.25) is 0 Å². The monoisotopic (exact) mass is 352 g/mol. The Balaban J connectivity index is 2.38. The number of alkyl halides is 1. The largest absolute Gasteiger partial charge is 0.494 e. The normalized spacial score (nSPS) is 12.2. The number of hydrogen-bond donors (Lipinski definition) is 0. The minimum atomic E-state index is -0.167. The van der Waals surface area contributed by atoms with Gasteiger partial charge in [0.25, 0.3) is 0 Å². The summed E-state index contributed by atoms with van der Waals surface area (Å²) in [5.41, 5.74) is 4.71. The molecule has 0 aliphatic carbocycles. The minimum absolute atomic E-state index is 0.167. The molecular weight excluding hydrogens is 336 g/mol. The zero-order chi connectivity index (χ0) is 14.7. The molecule has 0 saturated carbocycles. The van der Waals surface area contributed by atoms with Gasteiger partial charge in [-0.25, -0.2) is 0 Å². The van der Waals surface area contributed by atoms with E-state index in [0.29, 0.717) is 6.61 Å². The number of rotatable bonds is 4. The molecule has 0 spiro atoms. The van der Waals surface area contributed by atoms with Gasteiger partial charge in [-0.15, -0.1) is 11.6 Å². The predicted molar refractivity (Wildman–Crippen MR) is 88.9 cm³/mol. The van der Waals surface area contributed by atoms with Gasteiger partial charge in [0.05, 0.1) is 12.0 Å². The van der Waals surface area contributed by atoms with Crippen molar-refractivity contribution in [2.24, 2.45) is 0 Å². The fourth-order valence-corrected chi connectivity index (χ4v) is 3.33. The first kappa shape index (κ1) is 15.4. The molecule has 2 aromatic carbocycles. The van der Waals surface area contributed by atoms with Gasteiger partial charge in [-0.2, -0.15) is 0 Å². The molecule has 0 saturated heterocycles. The summed E-state index contributed by atoms with van der Waals surface area (Å²) < 4.78 is 6.47. The Kier molecular flexibility index (Phi) is 5.11. The maximum absolute atomic E-state index is 6.67. The molecule has 3 heteroatoms. The van der Waals surface area contributed by atoms with Crippen molar-refractivity contribution in [3.8, 4) is 5.75 Å². The number of halogens is 2. The van der Waals surface area contributed by atoms with E-state index in [0.717, 1.165) is 21.3 Å². The Hall–Kier alpha value is -0.990. The van der Waals surface area contributed by atoms with Crippen LogP contribution in [0.2, 0.25) is 0 Å². The topological polar surface area (TPSA) is 9.23 Å². The lowest BCUT2D eigenvalue weighted by Gasteiger charge is -2.17. The molecule has 0 bridgehead atoms. The van der Waals surface area contributed by atoms with E-state index in [1.165, 1.54) is 11.1 Å². The summed E-state index contributed by atoms with van der Waals surface area (Å²) in [5, 5.41) is -0.167. The summed E-state index contributed by atoms with van der Waals surface area (Å²) in [6.07, 6.45) is 0. The van der Waals surface area contributed by atoms with Gasteiger partial charge < -0.3 is 4.74 Å². The maximum Gasteiger partial charge on any atom is 0.120 e. The van der Waals surface area contributed by atoms with Crippen molar-refractivity contribution in [3.05, 3.63) is 63.1 Å². The smallest absolute Gasteiger partial charge is 0.120 e. The van der Waals surface area contributed by atoms with E-state index in [1.54, 1.807) is 0 Å². The molecular formula is C17H18BrClO. The summed E-state index contributed by atoms with van der Waals surface area (Å²) in [5.74, 6) is 0.855. The molecule has 0 aliphatic rings. The molecule has 0 heterocycles. The van der Waals surface area contributed by atoms with Gasteiger partial charge >= 0.3 is 0 Å². The van der Waals surface area contributed by atoms with Crippen molar-refractivity contribution in [2.75, 3.05) is 6.61 Å². The molecule has 0 fully saturated rings. The van der Waals surface area contributed by atoms with Crippen LogP contribution in [0.25, 0.3) is 0 Å². The highest BCUT2D eigenvalue weighted by molar-refractivity contribution is 9.10. The van der Waals surface area contributed by atoms with Crippen LogP contribution < -0.4 is 4.74 Å². The lowest BCUT2D eigenvalue weighted by Crippen LogP contribution is -2.00. The highest BCUT2D eigenvalue weighted by atomic mass is 79.9. The summed E-state index contributed by atoms with van der Waals surface area (Å²) in [6, 6.07) is 12.2. The van der Waals surface area contributed by atoms with Crippen LogP contribution in [0.5, 0.6) is 5.75 Å². The lowest BCUT2D eigenvalue weighted by molar-refractivity contribution is 0.340. The molecule has 0 aromatic heterocycles. The third-order valence-corrected chi connectivity index (χ3v) is 4.63. The number of hydrogen-bond acceptors (Lipinski definition) is 1. The van der Waals surface area contributed by atoms with Crippen LogP contribution >= 0.6 is 27.5 Å². The highest BCUT2D eigenvalue weighted by Gasteiger charge is 2.17. The van der Waals surface area contributed by atoms with Crippen LogP contribution in [0.1, 0.15) is 34.6 Å². The fourth-order valence-electron chi connectivity index (χ4n) is 2.19. The lowest BCUT2D eigenvalue weighted by atomic mass is 9.97. The van der Waals surface area contributed by atoms with Crippen LogP contribution in [0.4, 0.5) is 0 Å². The first-order valence-corrected chi connectivity index (χ1v) is 7.90. The summed E-state index contributed by atoms with van der Waals surface area (Å²) >= 11 is 10.3. The van der Waals surface area contributed by atoms with Gasteiger partial charge in [0, 0.05) is 4.47 Å². The van der Waals surface area contributed by atoms with Crippen molar-refractivity contribution < 1.29 is 4.74 Å². The van der Waals surface area contributed by atoms with Crippen LogP contribution in [-0.4, -0.2) is 6.61 Å². The summed E-state index contributed by atoms with van der Waals surface area (Å²) in [6.45, 7) is 6.85. The van der Waals surface area contributed by atoms with Crippen molar-refractivity contribution >= 4 is 27.5 Å². The molecule has 1 unspecified atom stereocenters. The Bertz CT molecular complexity index is 610. The van der Waals surface area contributed by atoms with Crippen molar-refractivity contribution in [1.29, 1.82) is 0 Å². The third kappa shape index (κ3) is 3.18. The fraction of sp³-hybridized carbons (Fsp3) is 0.294. The molecule has 106 valence electrons. The van der Waals surface area contributed by atoms with Crippen molar-refractivity contribution in [2.45, 2.75) is 26.1 Å². The minimum Gasteiger partial charge on any atom is -0.494 e. The predicted octanol–water partition coefficient (Wildman–Crippen LogP) is 5.79. The molecule has 0 aliphatic heterocycles. The Morgan fingerprint density at radius 1 is 1.15 bits per heavy atom. The van der Waals surface area contributed by atoms with E-state index < -0.39 is 0 Å². The Morgan fingerprint density at radius 3 is 2.55 bits per heavy atom. The Morgan fingerprint density at radius 2 is 1.90 bits per heavy atom. The zero-order valence-electron chi connectivity index (χ0n) is 11.9. The molecule has 1 atom stereocenters. The van der Waals surface area contributed by atoms with Gasteiger partial charge in [-0.05, 0) is 55.2 Å². The van der Waals surface area contributed by atoms with Crippen LogP contribution in [0.15, 0.2) is 40.9 Å². The second-order valence-corrected chi connectivity index (χ2v) is 6.06. The third-order valence-electron chi connectivity index (χ3n) is 3.48. The second-order valence-electron chi connectivity index (χ2n) is 4.77. The van der Waals surface area contributed by atoms with Gasteiger partial charge in [-0.3, -0.25) is 0 Å². The van der Waals surface area contributed by atoms with E-state index in [9.17, 15) is 0 Å². The second kappa shape index (κ2) is 6.64. The molecule has 1 nitrogen and oxygen atoms in total. The van der Waals surface area contributed by atoms with E-state index in [-0.39, 0.29) is 5.38 Å². The quantitative estimate of drug-likeness (QED) is 0.632. The average molecular weight is 354 g/mol. The maximum atomic E-state index is 6.67. The number of aryl methyl sites for hydroxylation is 1. The van der Waals surface area contributed by atoms with E-state index >= 15 is 0 Å². The van der Waals surface area contributed by atoms with Crippen LogP contribution in [0.3, 0.4) is 0 Å². The van der Waals surface area contributed by atoms with E-state index in [2.05, 4.69) is 48.0 Å². The highest BCUT2D eigenvalue weighted by Crippen LogP contribution is 2.37. The standard InChI is InChI=1S/C17H18BrClO/c1-4-20-13-8-9-15(16(18)10-13)17(19)14-7-5-6-11(2)12(14)3/h5-10,17H,4H2,1-3H3. The van der Waals surface area contributed by atoms with Gasteiger partial charge in [-0.1, -0.05) is 40.2 Å². The molecule has 2 aromatic rings. The van der Waals surface area contributed by atoms with Crippen molar-refractivity contribution in [3.63, 3.8) is 0 Å². The molecule has 20 heavy (non-hydrogen) atoms. The average Bonchev–Trinajstić information content (AvgIpc) is 2.42. The van der Waals surface area contributed by atoms with Gasteiger partial charge in [0.15, 0.2) is 0 Å². The van der Waals surface area contributed by atoms with Gasteiger partial charge in [0.1, 0.15) is 5.75 Å². The number of ether oxygens (including phenoxy) is 1. The SMILES string of the molecule is CCOc1ccc(C(Cl)c2cccc(C)c2C)c(Br)c1. The van der Waals surface area contributed by atoms with E-state index in [4.69, 9.17) is 16.3 Å². The molecule has 0 radical (unpaired) electrons. The number of benzene rings is 2. The molecule has 0 amide bonds. The molecule has 2 rings (SSSR count). The first-order valence-electron chi connectivity index (χ1n) is 6.67. The zero-order valence-corrected chi connectivity index (χ0v) is 14.3. The van der Waals surface area contributed by atoms with Crippen molar-refractivity contribution in [1.82, 2.24) is 0 Å². The first-order chi connectivity index (χ1) is 9.54. The Labute approximate surface area is 134 Å². The van der Waals surface area contributed by atoms with Crippen LogP contribution in [-0.2, 0) is 0 Å². The summed E-state index contributed by atoms with van der Waals surface area (Å²) in [7, 11) is 0. The van der Waals surface area contributed by atoms with Crippen LogP contribution in [0, 0.1) is 13.8 Å². The molecule has 0 N–H and O–H groups in total. The van der Waals surface area contributed by atoms with E-state index in [1.807, 2.05) is 25.1 Å². The summed E-state index contributed by atoms with van der Waals surface area (Å²) in [4.78, 5) is 0.